The predicted octanol–water partition coefficient (Wildman–Crippen LogP) is 0.547. The molecule has 1 aliphatic carbocycles. The Morgan fingerprint density at radius 1 is 1.40 bits per heavy atom. The monoisotopic (exact) mass is 350 g/mol. The highest BCUT2D eigenvalue weighted by atomic mass is 16.5. The van der Waals surface area contributed by atoms with Crippen molar-refractivity contribution in [2.75, 3.05) is 53.6 Å². The SMILES string of the molecule is COCCN(C)C[C@H]1C[C@H](CO)CN(C(=O)c2n[nH]c3c2CCC3)C1. The second-order valence-electron chi connectivity index (χ2n) is 7.50. The van der Waals surface area contributed by atoms with Gasteiger partial charge in [0.1, 0.15) is 0 Å². The number of rotatable bonds is 7. The summed E-state index contributed by atoms with van der Waals surface area (Å²) in [6.07, 6.45) is 3.97. The second kappa shape index (κ2) is 8.29. The van der Waals surface area contributed by atoms with Crippen LogP contribution in [0, 0.1) is 11.8 Å². The summed E-state index contributed by atoms with van der Waals surface area (Å²) in [5.74, 6) is 0.524. The number of nitrogens with zero attached hydrogens (tertiary/aromatic N) is 3. The summed E-state index contributed by atoms with van der Waals surface area (Å²) in [4.78, 5) is 17.1. The molecule has 0 aromatic carbocycles. The highest BCUT2D eigenvalue weighted by Gasteiger charge is 2.33. The molecule has 2 N–H and O–H groups in total. The fraction of sp³-hybridized carbons (Fsp3) is 0.778. The number of hydrogen-bond acceptors (Lipinski definition) is 5. The molecule has 2 atom stereocenters. The Labute approximate surface area is 149 Å². The number of ether oxygens (including phenoxy) is 1. The van der Waals surface area contributed by atoms with E-state index in [1.807, 2.05) is 4.90 Å². The van der Waals surface area contributed by atoms with Crippen LogP contribution in [0.3, 0.4) is 0 Å². The lowest BCUT2D eigenvalue weighted by atomic mass is 9.89. The molecule has 1 aromatic rings. The summed E-state index contributed by atoms with van der Waals surface area (Å²) in [7, 11) is 3.79. The van der Waals surface area contributed by atoms with E-state index in [4.69, 9.17) is 4.74 Å². The fourth-order valence-corrected chi connectivity index (χ4v) is 4.17. The van der Waals surface area contributed by atoms with Crippen LogP contribution in [0.2, 0.25) is 0 Å². The quantitative estimate of drug-likeness (QED) is 0.750. The van der Waals surface area contributed by atoms with Gasteiger partial charge in [-0.2, -0.15) is 5.10 Å². The number of methoxy groups -OCH3 is 1. The Morgan fingerprint density at radius 3 is 2.96 bits per heavy atom. The number of likely N-dealkylation sites (tertiary alicyclic amines) is 1. The van der Waals surface area contributed by atoms with Crippen molar-refractivity contribution in [3.8, 4) is 0 Å². The molecule has 0 spiro atoms. The van der Waals surface area contributed by atoms with Gasteiger partial charge in [-0.1, -0.05) is 0 Å². The van der Waals surface area contributed by atoms with E-state index in [1.54, 1.807) is 7.11 Å². The third kappa shape index (κ3) is 4.22. The zero-order chi connectivity index (χ0) is 17.8. The first-order chi connectivity index (χ1) is 12.1. The van der Waals surface area contributed by atoms with Crippen LogP contribution in [0.25, 0.3) is 0 Å². The first-order valence-electron chi connectivity index (χ1n) is 9.26. The molecule has 1 aromatic heterocycles. The van der Waals surface area contributed by atoms with Gasteiger partial charge in [-0.05, 0) is 44.6 Å². The molecule has 1 saturated heterocycles. The van der Waals surface area contributed by atoms with E-state index in [1.165, 1.54) is 0 Å². The Balaban J connectivity index is 1.66. The van der Waals surface area contributed by atoms with Gasteiger partial charge in [-0.25, -0.2) is 0 Å². The molecular formula is C18H30N4O3. The van der Waals surface area contributed by atoms with E-state index in [9.17, 15) is 9.90 Å². The van der Waals surface area contributed by atoms with Crippen molar-refractivity contribution in [3.05, 3.63) is 17.0 Å². The Kier molecular flexibility index (Phi) is 6.09. The molecular weight excluding hydrogens is 320 g/mol. The van der Waals surface area contributed by atoms with Crippen molar-refractivity contribution >= 4 is 5.91 Å². The number of fused-ring (bicyclic) bond motifs is 1. The molecule has 7 nitrogen and oxygen atoms in total. The summed E-state index contributed by atoms with van der Waals surface area (Å²) >= 11 is 0. The highest BCUT2D eigenvalue weighted by molar-refractivity contribution is 5.94. The van der Waals surface area contributed by atoms with Gasteiger partial charge in [-0.15, -0.1) is 0 Å². The maximum Gasteiger partial charge on any atom is 0.274 e. The van der Waals surface area contributed by atoms with E-state index in [-0.39, 0.29) is 18.4 Å². The summed E-state index contributed by atoms with van der Waals surface area (Å²) in [5.41, 5.74) is 2.82. The van der Waals surface area contributed by atoms with Crippen LogP contribution in [-0.4, -0.2) is 84.6 Å². The molecule has 140 valence electrons. The molecule has 25 heavy (non-hydrogen) atoms. The van der Waals surface area contributed by atoms with Crippen molar-refractivity contribution < 1.29 is 14.6 Å². The van der Waals surface area contributed by atoms with E-state index in [0.29, 0.717) is 24.8 Å². The zero-order valence-electron chi connectivity index (χ0n) is 15.3. The molecule has 1 amide bonds. The number of aryl methyl sites for hydroxylation is 1. The molecule has 7 heteroatoms. The van der Waals surface area contributed by atoms with E-state index < -0.39 is 0 Å². The average Bonchev–Trinajstić information content (AvgIpc) is 3.22. The predicted molar refractivity (Wildman–Crippen MR) is 94.6 cm³/mol. The maximum atomic E-state index is 13.0. The number of aromatic nitrogens is 2. The minimum Gasteiger partial charge on any atom is -0.396 e. The lowest BCUT2D eigenvalue weighted by Crippen LogP contribution is -2.48. The van der Waals surface area contributed by atoms with Gasteiger partial charge in [0.25, 0.3) is 5.91 Å². The van der Waals surface area contributed by atoms with Crippen LogP contribution in [0.5, 0.6) is 0 Å². The van der Waals surface area contributed by atoms with Gasteiger partial charge in [0.2, 0.25) is 0 Å². The Hall–Kier alpha value is -1.44. The smallest absolute Gasteiger partial charge is 0.274 e. The average molecular weight is 350 g/mol. The topological polar surface area (TPSA) is 81.7 Å². The van der Waals surface area contributed by atoms with Crippen molar-refractivity contribution in [1.82, 2.24) is 20.0 Å². The summed E-state index contributed by atoms with van der Waals surface area (Å²) < 4.78 is 5.14. The number of amides is 1. The van der Waals surface area contributed by atoms with Gasteiger partial charge in [-0.3, -0.25) is 9.89 Å². The molecule has 0 radical (unpaired) electrons. The lowest BCUT2D eigenvalue weighted by molar-refractivity contribution is 0.0445. The zero-order valence-corrected chi connectivity index (χ0v) is 15.3. The number of hydrogen-bond donors (Lipinski definition) is 2. The van der Waals surface area contributed by atoms with Crippen molar-refractivity contribution in [3.63, 3.8) is 0 Å². The molecule has 1 aliphatic heterocycles. The third-order valence-corrected chi connectivity index (χ3v) is 5.43. The van der Waals surface area contributed by atoms with Crippen molar-refractivity contribution in [2.45, 2.75) is 25.7 Å². The van der Waals surface area contributed by atoms with Gasteiger partial charge < -0.3 is 19.6 Å². The van der Waals surface area contributed by atoms with Crippen molar-refractivity contribution in [1.29, 1.82) is 0 Å². The number of carbonyl (C=O) groups is 1. The minimum absolute atomic E-state index is 0.0158. The number of aliphatic hydroxyl groups excluding tert-OH is 1. The van der Waals surface area contributed by atoms with Crippen LogP contribution in [0.4, 0.5) is 0 Å². The number of nitrogens with one attached hydrogen (secondary N) is 1. The van der Waals surface area contributed by atoms with Crippen molar-refractivity contribution in [2.24, 2.45) is 11.8 Å². The Bertz CT molecular complexity index is 589. The number of aromatic amines is 1. The standard InChI is InChI=1S/C18H30N4O3/c1-21(6-7-25-2)9-13-8-14(12-23)11-22(10-13)18(24)17-15-4-3-5-16(15)19-20-17/h13-14,23H,3-12H2,1-2H3,(H,19,20)/t13-,14+/m1/s1. The van der Waals surface area contributed by atoms with Gasteiger partial charge in [0, 0.05) is 51.2 Å². The van der Waals surface area contributed by atoms with E-state index >= 15 is 0 Å². The van der Waals surface area contributed by atoms with Gasteiger partial charge >= 0.3 is 0 Å². The largest absolute Gasteiger partial charge is 0.396 e. The number of piperidine rings is 1. The molecule has 1 fully saturated rings. The third-order valence-electron chi connectivity index (χ3n) is 5.43. The van der Waals surface area contributed by atoms with Crippen LogP contribution >= 0.6 is 0 Å². The first-order valence-corrected chi connectivity index (χ1v) is 9.26. The van der Waals surface area contributed by atoms with Gasteiger partial charge in [0.15, 0.2) is 5.69 Å². The van der Waals surface area contributed by atoms with Crippen LogP contribution < -0.4 is 0 Å². The van der Waals surface area contributed by atoms with Gasteiger partial charge in [0.05, 0.1) is 6.61 Å². The molecule has 3 rings (SSSR count). The number of likely N-dealkylation sites (N-methyl/N-ethyl adjacent to an activating group) is 1. The molecule has 2 aliphatic rings. The molecule has 0 bridgehead atoms. The number of aliphatic hydroxyl groups is 1. The lowest BCUT2D eigenvalue weighted by Gasteiger charge is -2.38. The highest BCUT2D eigenvalue weighted by Crippen LogP contribution is 2.27. The fourth-order valence-electron chi connectivity index (χ4n) is 4.17. The van der Waals surface area contributed by atoms with Crippen LogP contribution in [0.1, 0.15) is 34.6 Å². The summed E-state index contributed by atoms with van der Waals surface area (Å²) in [6, 6.07) is 0. The summed E-state index contributed by atoms with van der Waals surface area (Å²) in [6.45, 7) is 3.96. The normalized spacial score (nSPS) is 23.3. The minimum atomic E-state index is 0.0158. The van der Waals surface area contributed by atoms with E-state index in [0.717, 1.165) is 56.6 Å². The number of H-pyrrole nitrogens is 1. The summed E-state index contributed by atoms with van der Waals surface area (Å²) in [5, 5.41) is 17.0. The first kappa shape index (κ1) is 18.4. The molecule has 0 unspecified atom stereocenters. The molecule has 2 heterocycles. The second-order valence-corrected chi connectivity index (χ2v) is 7.50. The molecule has 0 saturated carbocycles. The van der Waals surface area contributed by atoms with Crippen LogP contribution in [-0.2, 0) is 17.6 Å². The number of carbonyl (C=O) groups excluding carboxylic acids is 1. The van der Waals surface area contributed by atoms with Crippen LogP contribution in [0.15, 0.2) is 0 Å². The van der Waals surface area contributed by atoms with E-state index in [2.05, 4.69) is 22.1 Å². The maximum absolute atomic E-state index is 13.0. The Morgan fingerprint density at radius 2 is 2.20 bits per heavy atom.